The smallest absolute Gasteiger partial charge is 0.416 e. The van der Waals surface area contributed by atoms with Crippen LogP contribution in [0.5, 0.6) is 5.75 Å². The Morgan fingerprint density at radius 2 is 1.87 bits per heavy atom. The summed E-state index contributed by atoms with van der Waals surface area (Å²) >= 11 is 0. The second-order valence-corrected chi connectivity index (χ2v) is 4.94. The van der Waals surface area contributed by atoms with Crippen molar-refractivity contribution in [2.24, 2.45) is 0 Å². The van der Waals surface area contributed by atoms with E-state index in [0.29, 0.717) is 6.54 Å². The van der Waals surface area contributed by atoms with Crippen molar-refractivity contribution in [1.82, 2.24) is 10.3 Å². The minimum Gasteiger partial charge on any atom is -0.491 e. The SMILES string of the molecule is OC(CNCc1ccccn1)COc1ccc(C(F)(F)F)cc1. The van der Waals surface area contributed by atoms with E-state index in [1.807, 2.05) is 18.2 Å². The number of aliphatic hydroxyl groups excluding tert-OH is 1. The van der Waals surface area contributed by atoms with Crippen LogP contribution in [0.3, 0.4) is 0 Å². The standard InChI is InChI=1S/C16H17F3N2O2/c17-16(18,19)12-4-6-15(7-5-12)23-11-14(22)10-20-9-13-3-1-2-8-21-13/h1-8,14,20,22H,9-11H2. The molecule has 0 aliphatic rings. The van der Waals surface area contributed by atoms with Crippen LogP contribution in [0.15, 0.2) is 48.7 Å². The molecule has 0 saturated carbocycles. The highest BCUT2D eigenvalue weighted by molar-refractivity contribution is 5.28. The molecule has 2 aromatic rings. The van der Waals surface area contributed by atoms with Gasteiger partial charge < -0.3 is 15.2 Å². The van der Waals surface area contributed by atoms with Gasteiger partial charge in [-0.2, -0.15) is 13.2 Å². The summed E-state index contributed by atoms with van der Waals surface area (Å²) in [5.74, 6) is 0.279. The predicted molar refractivity (Wildman–Crippen MR) is 78.9 cm³/mol. The third-order valence-electron chi connectivity index (χ3n) is 3.04. The molecule has 4 nitrogen and oxygen atoms in total. The van der Waals surface area contributed by atoms with Crippen LogP contribution in [0.1, 0.15) is 11.3 Å². The van der Waals surface area contributed by atoms with Gasteiger partial charge in [0.05, 0.1) is 11.3 Å². The topological polar surface area (TPSA) is 54.4 Å². The van der Waals surface area contributed by atoms with Crippen molar-refractivity contribution in [3.8, 4) is 5.75 Å². The molecule has 1 atom stereocenters. The Morgan fingerprint density at radius 1 is 1.13 bits per heavy atom. The molecule has 0 radical (unpaired) electrons. The van der Waals surface area contributed by atoms with Crippen molar-refractivity contribution in [1.29, 1.82) is 0 Å². The van der Waals surface area contributed by atoms with Crippen LogP contribution in [0, 0.1) is 0 Å². The molecule has 7 heteroatoms. The molecule has 0 bridgehead atoms. The zero-order chi connectivity index (χ0) is 16.7. The summed E-state index contributed by atoms with van der Waals surface area (Å²) in [4.78, 5) is 4.13. The van der Waals surface area contributed by atoms with E-state index in [2.05, 4.69) is 10.3 Å². The largest absolute Gasteiger partial charge is 0.491 e. The van der Waals surface area contributed by atoms with Crippen LogP contribution in [0.4, 0.5) is 13.2 Å². The normalized spacial score (nSPS) is 12.9. The van der Waals surface area contributed by atoms with Crippen molar-refractivity contribution in [3.63, 3.8) is 0 Å². The molecule has 2 N–H and O–H groups in total. The minimum atomic E-state index is -4.37. The first-order chi connectivity index (χ1) is 10.9. The Balaban J connectivity index is 1.71. The number of alkyl halides is 3. The molecule has 1 unspecified atom stereocenters. The number of aliphatic hydroxyl groups is 1. The molecule has 0 fully saturated rings. The van der Waals surface area contributed by atoms with E-state index in [1.165, 1.54) is 12.1 Å². The predicted octanol–water partition coefficient (Wildman–Crippen LogP) is 2.63. The van der Waals surface area contributed by atoms with Gasteiger partial charge in [-0.25, -0.2) is 0 Å². The molecule has 0 aliphatic heterocycles. The molecule has 0 saturated heterocycles. The van der Waals surface area contributed by atoms with Gasteiger partial charge >= 0.3 is 6.18 Å². The van der Waals surface area contributed by atoms with Gasteiger partial charge in [0.1, 0.15) is 18.5 Å². The molecule has 124 valence electrons. The maximum atomic E-state index is 12.4. The molecule has 1 heterocycles. The Hall–Kier alpha value is -2.12. The van der Waals surface area contributed by atoms with Crippen molar-refractivity contribution in [2.45, 2.75) is 18.8 Å². The average molecular weight is 326 g/mol. The Morgan fingerprint density at radius 3 is 2.48 bits per heavy atom. The van der Waals surface area contributed by atoms with Crippen molar-refractivity contribution in [2.75, 3.05) is 13.2 Å². The quantitative estimate of drug-likeness (QED) is 0.821. The summed E-state index contributed by atoms with van der Waals surface area (Å²) in [7, 11) is 0. The molecule has 1 aromatic heterocycles. The monoisotopic (exact) mass is 326 g/mol. The number of hydrogen-bond acceptors (Lipinski definition) is 4. The second-order valence-electron chi connectivity index (χ2n) is 4.94. The van der Waals surface area contributed by atoms with E-state index >= 15 is 0 Å². The first-order valence-electron chi connectivity index (χ1n) is 7.04. The summed E-state index contributed by atoms with van der Waals surface area (Å²) in [6, 6.07) is 9.90. The Kier molecular flexibility index (Phi) is 5.95. The van der Waals surface area contributed by atoms with E-state index < -0.39 is 17.8 Å². The summed E-state index contributed by atoms with van der Waals surface area (Å²) in [5.41, 5.74) is 0.116. The number of aromatic nitrogens is 1. The lowest BCUT2D eigenvalue weighted by Crippen LogP contribution is -2.31. The van der Waals surface area contributed by atoms with Gasteiger partial charge in [-0.1, -0.05) is 6.07 Å². The van der Waals surface area contributed by atoms with Crippen LogP contribution in [-0.4, -0.2) is 29.3 Å². The zero-order valence-corrected chi connectivity index (χ0v) is 12.3. The Bertz CT molecular complexity index is 589. The van der Waals surface area contributed by atoms with E-state index in [4.69, 9.17) is 4.74 Å². The summed E-state index contributed by atoms with van der Waals surface area (Å²) in [5, 5.41) is 12.8. The fourth-order valence-electron chi connectivity index (χ4n) is 1.86. The van der Waals surface area contributed by atoms with E-state index in [-0.39, 0.29) is 18.9 Å². The number of pyridine rings is 1. The highest BCUT2D eigenvalue weighted by Gasteiger charge is 2.30. The highest BCUT2D eigenvalue weighted by Crippen LogP contribution is 2.30. The summed E-state index contributed by atoms with van der Waals surface area (Å²) < 4.78 is 42.5. The molecule has 23 heavy (non-hydrogen) atoms. The average Bonchev–Trinajstić information content (AvgIpc) is 2.53. The number of nitrogens with zero attached hydrogens (tertiary/aromatic N) is 1. The summed E-state index contributed by atoms with van der Waals surface area (Å²) in [6.07, 6.45) is -3.46. The number of benzene rings is 1. The van der Waals surface area contributed by atoms with Crippen molar-refractivity contribution in [3.05, 3.63) is 59.9 Å². The van der Waals surface area contributed by atoms with Crippen molar-refractivity contribution < 1.29 is 23.0 Å². The lowest BCUT2D eigenvalue weighted by atomic mass is 10.2. The molecule has 2 rings (SSSR count). The lowest BCUT2D eigenvalue weighted by molar-refractivity contribution is -0.137. The maximum Gasteiger partial charge on any atom is 0.416 e. The second kappa shape index (κ2) is 7.94. The van der Waals surface area contributed by atoms with E-state index in [1.54, 1.807) is 6.20 Å². The molecular weight excluding hydrogens is 309 g/mol. The molecular formula is C16H17F3N2O2. The minimum absolute atomic E-state index is 0.0133. The Labute approximate surface area is 131 Å². The molecule has 1 aromatic carbocycles. The first kappa shape index (κ1) is 17.2. The van der Waals surface area contributed by atoms with E-state index in [9.17, 15) is 18.3 Å². The number of halogens is 3. The maximum absolute atomic E-state index is 12.4. The van der Waals surface area contributed by atoms with Crippen LogP contribution in [0.2, 0.25) is 0 Å². The van der Waals surface area contributed by atoms with Crippen LogP contribution >= 0.6 is 0 Å². The van der Waals surface area contributed by atoms with Gasteiger partial charge in [0.25, 0.3) is 0 Å². The summed E-state index contributed by atoms with van der Waals surface area (Å²) in [6.45, 7) is 0.788. The van der Waals surface area contributed by atoms with Gasteiger partial charge in [-0.05, 0) is 36.4 Å². The molecule has 0 aliphatic carbocycles. The highest BCUT2D eigenvalue weighted by atomic mass is 19.4. The number of hydrogen-bond donors (Lipinski definition) is 2. The van der Waals surface area contributed by atoms with Gasteiger partial charge in [0.2, 0.25) is 0 Å². The fourth-order valence-corrected chi connectivity index (χ4v) is 1.86. The van der Waals surface area contributed by atoms with Gasteiger partial charge in [-0.3, -0.25) is 4.98 Å². The van der Waals surface area contributed by atoms with Gasteiger partial charge in [0, 0.05) is 19.3 Å². The van der Waals surface area contributed by atoms with Crippen molar-refractivity contribution >= 4 is 0 Å². The molecule has 0 amide bonds. The zero-order valence-electron chi connectivity index (χ0n) is 12.3. The first-order valence-corrected chi connectivity index (χ1v) is 7.04. The third kappa shape index (κ3) is 5.88. The van der Waals surface area contributed by atoms with Crippen LogP contribution < -0.4 is 10.1 Å². The van der Waals surface area contributed by atoms with E-state index in [0.717, 1.165) is 17.8 Å². The number of nitrogens with one attached hydrogen (secondary N) is 1. The lowest BCUT2D eigenvalue weighted by Gasteiger charge is -2.14. The van der Waals surface area contributed by atoms with Crippen LogP contribution in [0.25, 0.3) is 0 Å². The van der Waals surface area contributed by atoms with Crippen LogP contribution in [-0.2, 0) is 12.7 Å². The third-order valence-corrected chi connectivity index (χ3v) is 3.04. The molecule has 0 spiro atoms. The number of ether oxygens (including phenoxy) is 1. The van der Waals surface area contributed by atoms with Gasteiger partial charge in [0.15, 0.2) is 0 Å². The number of rotatable bonds is 7. The fraction of sp³-hybridized carbons (Fsp3) is 0.312. The van der Waals surface area contributed by atoms with Gasteiger partial charge in [-0.15, -0.1) is 0 Å².